The van der Waals surface area contributed by atoms with Gasteiger partial charge in [-0.3, -0.25) is 14.3 Å². The van der Waals surface area contributed by atoms with E-state index in [1.807, 2.05) is 0 Å². The highest BCUT2D eigenvalue weighted by Crippen LogP contribution is 2.29. The lowest BCUT2D eigenvalue weighted by Gasteiger charge is -2.20. The van der Waals surface area contributed by atoms with E-state index >= 15 is 0 Å². The van der Waals surface area contributed by atoms with Crippen LogP contribution < -0.4 is 0 Å². The molecule has 1 fully saturated rings. The highest BCUT2D eigenvalue weighted by atomic mass is 16.4. The number of aliphatic carboxylic acids is 1. The third-order valence-electron chi connectivity index (χ3n) is 2.71. The lowest BCUT2D eigenvalue weighted by molar-refractivity contribution is -0.145. The van der Waals surface area contributed by atoms with Crippen molar-refractivity contribution in [1.82, 2.24) is 14.7 Å². The zero-order valence-electron chi connectivity index (χ0n) is 9.45. The molecule has 1 heterocycles. The van der Waals surface area contributed by atoms with Crippen LogP contribution in [-0.4, -0.2) is 44.8 Å². The topological polar surface area (TPSA) is 75.4 Å². The zero-order chi connectivity index (χ0) is 12.3. The molecule has 17 heavy (non-hydrogen) atoms. The number of aromatic nitrogens is 2. The molecule has 0 aliphatic heterocycles. The molecule has 0 bridgehead atoms. The first-order chi connectivity index (χ1) is 8.15. The van der Waals surface area contributed by atoms with Crippen molar-refractivity contribution in [3.05, 3.63) is 18.5 Å². The van der Waals surface area contributed by atoms with Gasteiger partial charge in [0.25, 0.3) is 0 Å². The minimum Gasteiger partial charge on any atom is -0.480 e. The summed E-state index contributed by atoms with van der Waals surface area (Å²) < 4.78 is 1.50. The van der Waals surface area contributed by atoms with Gasteiger partial charge >= 0.3 is 5.97 Å². The average Bonchev–Trinajstić information content (AvgIpc) is 2.92. The van der Waals surface area contributed by atoms with Crippen molar-refractivity contribution in [1.29, 1.82) is 0 Å². The predicted molar refractivity (Wildman–Crippen MR) is 59.2 cm³/mol. The number of carbonyl (C=O) groups is 2. The maximum Gasteiger partial charge on any atom is 0.323 e. The number of amides is 1. The zero-order valence-corrected chi connectivity index (χ0v) is 9.45. The van der Waals surface area contributed by atoms with Crippen molar-refractivity contribution >= 4 is 11.9 Å². The van der Waals surface area contributed by atoms with E-state index in [1.54, 1.807) is 18.5 Å². The number of hydrogen-bond acceptors (Lipinski definition) is 3. The Morgan fingerprint density at radius 3 is 2.76 bits per heavy atom. The van der Waals surface area contributed by atoms with Gasteiger partial charge in [-0.05, 0) is 24.8 Å². The molecule has 2 rings (SSSR count). The Labute approximate surface area is 98.8 Å². The number of carbonyl (C=O) groups excluding carboxylic acids is 1. The van der Waals surface area contributed by atoms with E-state index in [9.17, 15) is 9.59 Å². The van der Waals surface area contributed by atoms with Crippen molar-refractivity contribution in [2.24, 2.45) is 5.92 Å². The molecule has 92 valence electrons. The van der Waals surface area contributed by atoms with Gasteiger partial charge in [0.15, 0.2) is 0 Å². The minimum atomic E-state index is -0.973. The lowest BCUT2D eigenvalue weighted by Crippen LogP contribution is -2.39. The number of carboxylic acids is 1. The quantitative estimate of drug-likeness (QED) is 0.767. The average molecular weight is 237 g/mol. The van der Waals surface area contributed by atoms with Gasteiger partial charge < -0.3 is 10.0 Å². The number of rotatable bonds is 6. The summed E-state index contributed by atoms with van der Waals surface area (Å²) in [7, 11) is 0. The van der Waals surface area contributed by atoms with Crippen LogP contribution in [0.1, 0.15) is 12.8 Å². The smallest absolute Gasteiger partial charge is 0.323 e. The summed E-state index contributed by atoms with van der Waals surface area (Å²) in [5.41, 5.74) is 0. The molecule has 0 radical (unpaired) electrons. The number of nitrogens with zero attached hydrogens (tertiary/aromatic N) is 3. The highest BCUT2D eigenvalue weighted by Gasteiger charge is 2.27. The second-order valence-electron chi connectivity index (χ2n) is 4.32. The maximum atomic E-state index is 11.9. The molecule has 1 aliphatic carbocycles. The monoisotopic (exact) mass is 237 g/mol. The largest absolute Gasteiger partial charge is 0.480 e. The van der Waals surface area contributed by atoms with E-state index in [-0.39, 0.29) is 19.0 Å². The molecular formula is C11H15N3O3. The third kappa shape index (κ3) is 3.58. The van der Waals surface area contributed by atoms with E-state index in [0.29, 0.717) is 12.5 Å². The molecule has 1 aromatic heterocycles. The Balaban J connectivity index is 1.93. The van der Waals surface area contributed by atoms with Gasteiger partial charge in [0.1, 0.15) is 13.1 Å². The third-order valence-corrected chi connectivity index (χ3v) is 2.71. The summed E-state index contributed by atoms with van der Waals surface area (Å²) in [4.78, 5) is 24.0. The fourth-order valence-corrected chi connectivity index (χ4v) is 1.66. The van der Waals surface area contributed by atoms with Gasteiger partial charge in [-0.2, -0.15) is 5.10 Å². The van der Waals surface area contributed by atoms with Gasteiger partial charge in [-0.15, -0.1) is 0 Å². The van der Waals surface area contributed by atoms with Crippen LogP contribution in [0.5, 0.6) is 0 Å². The molecule has 0 spiro atoms. The van der Waals surface area contributed by atoms with Crippen LogP contribution in [0.4, 0.5) is 0 Å². The minimum absolute atomic E-state index is 0.104. The Morgan fingerprint density at radius 1 is 1.47 bits per heavy atom. The molecule has 1 amide bonds. The SMILES string of the molecule is O=C(O)CN(CC1CC1)C(=O)Cn1cccn1. The van der Waals surface area contributed by atoms with Crippen LogP contribution in [0, 0.1) is 5.92 Å². The van der Waals surface area contributed by atoms with Crippen molar-refractivity contribution in [2.45, 2.75) is 19.4 Å². The van der Waals surface area contributed by atoms with Gasteiger partial charge in [-0.1, -0.05) is 0 Å². The molecule has 1 aliphatic rings. The van der Waals surface area contributed by atoms with Crippen molar-refractivity contribution in [3.63, 3.8) is 0 Å². The first-order valence-electron chi connectivity index (χ1n) is 5.62. The maximum absolute atomic E-state index is 11.9. The summed E-state index contributed by atoms with van der Waals surface area (Å²) >= 11 is 0. The van der Waals surface area contributed by atoms with E-state index in [1.165, 1.54) is 9.58 Å². The van der Waals surface area contributed by atoms with Crippen molar-refractivity contribution in [2.75, 3.05) is 13.1 Å². The Morgan fingerprint density at radius 2 is 2.24 bits per heavy atom. The predicted octanol–water partition coefficient (Wildman–Crippen LogP) is 0.206. The summed E-state index contributed by atoms with van der Waals surface area (Å²) in [6.45, 7) is 0.427. The first kappa shape index (κ1) is 11.6. The van der Waals surface area contributed by atoms with E-state index in [2.05, 4.69) is 5.10 Å². The molecule has 6 nitrogen and oxygen atoms in total. The molecule has 0 saturated heterocycles. The van der Waals surface area contributed by atoms with Crippen LogP contribution >= 0.6 is 0 Å². The van der Waals surface area contributed by atoms with Crippen LogP contribution in [0.15, 0.2) is 18.5 Å². The second kappa shape index (κ2) is 4.99. The molecule has 0 unspecified atom stereocenters. The Hall–Kier alpha value is -1.85. The molecule has 1 N–H and O–H groups in total. The second-order valence-corrected chi connectivity index (χ2v) is 4.32. The van der Waals surface area contributed by atoms with Crippen molar-refractivity contribution in [3.8, 4) is 0 Å². The molecule has 1 aromatic rings. The van der Waals surface area contributed by atoms with Crippen LogP contribution in [-0.2, 0) is 16.1 Å². The molecular weight excluding hydrogens is 222 g/mol. The summed E-state index contributed by atoms with van der Waals surface area (Å²) in [6.07, 6.45) is 5.46. The fourth-order valence-electron chi connectivity index (χ4n) is 1.66. The van der Waals surface area contributed by atoms with Crippen LogP contribution in [0.3, 0.4) is 0 Å². The van der Waals surface area contributed by atoms with E-state index in [4.69, 9.17) is 5.11 Å². The number of carboxylic acid groups (broad SMARTS) is 1. The molecule has 1 saturated carbocycles. The Kier molecular flexibility index (Phi) is 3.41. The molecule has 0 atom stereocenters. The summed E-state index contributed by atoms with van der Waals surface area (Å²) in [5.74, 6) is -0.682. The van der Waals surface area contributed by atoms with Gasteiger partial charge in [0, 0.05) is 18.9 Å². The normalized spacial score (nSPS) is 14.6. The van der Waals surface area contributed by atoms with Crippen LogP contribution in [0.25, 0.3) is 0 Å². The fraction of sp³-hybridized carbons (Fsp3) is 0.545. The molecule has 6 heteroatoms. The summed E-state index contributed by atoms with van der Waals surface area (Å²) in [6, 6.07) is 1.73. The van der Waals surface area contributed by atoms with Gasteiger partial charge in [0.05, 0.1) is 0 Å². The standard InChI is InChI=1S/C11H15N3O3/c15-10(7-14-5-1-4-12-14)13(8-11(16)17)6-9-2-3-9/h1,4-5,9H,2-3,6-8H2,(H,16,17). The van der Waals surface area contributed by atoms with Gasteiger partial charge in [-0.25, -0.2) is 0 Å². The molecule has 0 aromatic carbocycles. The van der Waals surface area contributed by atoms with Crippen LogP contribution in [0.2, 0.25) is 0 Å². The van der Waals surface area contributed by atoms with Crippen molar-refractivity contribution < 1.29 is 14.7 Å². The first-order valence-corrected chi connectivity index (χ1v) is 5.62. The highest BCUT2D eigenvalue weighted by molar-refractivity contribution is 5.81. The van der Waals surface area contributed by atoms with E-state index < -0.39 is 5.97 Å². The lowest BCUT2D eigenvalue weighted by atomic mass is 10.3. The Bertz CT molecular complexity index is 398. The number of hydrogen-bond donors (Lipinski definition) is 1. The van der Waals surface area contributed by atoms with Gasteiger partial charge in [0.2, 0.25) is 5.91 Å². The summed E-state index contributed by atoms with van der Waals surface area (Å²) in [5, 5.41) is 12.7. The van der Waals surface area contributed by atoms with E-state index in [0.717, 1.165) is 12.8 Å².